The molecule has 12 nitrogen and oxygen atoms in total. The van der Waals surface area contributed by atoms with Gasteiger partial charge in [0.25, 0.3) is 0 Å². The normalized spacial score (nSPS) is 22.0. The van der Waals surface area contributed by atoms with E-state index in [1.165, 1.54) is 0 Å². The second kappa shape index (κ2) is 20.5. The van der Waals surface area contributed by atoms with Crippen LogP contribution >= 0.6 is 0 Å². The Labute approximate surface area is 393 Å². The van der Waals surface area contributed by atoms with Gasteiger partial charge < -0.3 is 41.4 Å². The molecule has 64 heavy (non-hydrogen) atoms. The maximum atomic E-state index is 11.8. The summed E-state index contributed by atoms with van der Waals surface area (Å²) in [6, 6.07) is -0.0577. The Morgan fingerprint density at radius 1 is 0.375 bits per heavy atom. The molecule has 0 aromatic carbocycles. The summed E-state index contributed by atoms with van der Waals surface area (Å²) in [5.41, 5.74) is 0.966. The number of carbonyl (C=O) groups excluding carboxylic acids is 4. The lowest BCUT2D eigenvalue weighted by molar-refractivity contribution is -0.0754. The van der Waals surface area contributed by atoms with Gasteiger partial charge in [-0.1, -0.05) is 166 Å². The van der Waals surface area contributed by atoms with E-state index in [0.29, 0.717) is 26.3 Å². The van der Waals surface area contributed by atoms with Crippen molar-refractivity contribution in [1.29, 1.82) is 0 Å². The standard InChI is InChI=1S/2C13H26N2O.2C13H25NO2/c1-11(2,3)13(12(4,5)6)7-8-14-10(16)15-9-13;1-11(2,3)13(12(4,5)6)8-7-9-14-10(16)15-13;1-11(2,3)13(12(4,5)6)7-8-16-10(15)14-9-13;1-11(2,3)13(12(4,5)6)7-8-14-10(15)16-9-13/h2*7-9H2,1-6H3,(H2,14,15,16);2*7-9H2,1-6H3,(H,14,15). The van der Waals surface area contributed by atoms with Gasteiger partial charge in [0.2, 0.25) is 0 Å². The van der Waals surface area contributed by atoms with Crippen LogP contribution in [0.2, 0.25) is 0 Å². The molecule has 4 rings (SSSR count). The smallest absolute Gasteiger partial charge is 0.407 e. The molecule has 4 saturated heterocycles. The molecule has 0 atom stereocenters. The van der Waals surface area contributed by atoms with Crippen molar-refractivity contribution in [3.63, 3.8) is 0 Å². The quantitative estimate of drug-likeness (QED) is 0.142. The van der Waals surface area contributed by atoms with Crippen molar-refractivity contribution in [1.82, 2.24) is 31.9 Å². The Kier molecular flexibility index (Phi) is 19.0. The lowest BCUT2D eigenvalue weighted by Crippen LogP contribution is -2.64. The van der Waals surface area contributed by atoms with Crippen LogP contribution in [0.1, 0.15) is 198 Å². The van der Waals surface area contributed by atoms with Crippen molar-refractivity contribution >= 4 is 24.2 Å². The van der Waals surface area contributed by atoms with Crippen LogP contribution in [-0.4, -0.2) is 75.7 Å². The van der Waals surface area contributed by atoms with Crippen LogP contribution in [0.3, 0.4) is 0 Å². The third-order valence-corrected chi connectivity index (χ3v) is 16.5. The highest BCUT2D eigenvalue weighted by Gasteiger charge is 2.54. The highest BCUT2D eigenvalue weighted by Crippen LogP contribution is 2.56. The van der Waals surface area contributed by atoms with Gasteiger partial charge >= 0.3 is 24.2 Å². The van der Waals surface area contributed by atoms with Crippen LogP contribution in [-0.2, 0) is 9.47 Å². The van der Waals surface area contributed by atoms with E-state index in [2.05, 4.69) is 198 Å². The largest absolute Gasteiger partial charge is 0.450 e. The summed E-state index contributed by atoms with van der Waals surface area (Å²) in [5, 5.41) is 17.7. The molecule has 6 amide bonds. The highest BCUT2D eigenvalue weighted by atomic mass is 16.6. The summed E-state index contributed by atoms with van der Waals surface area (Å²) in [5.74, 6) is 0. The molecule has 0 aromatic rings. The van der Waals surface area contributed by atoms with Gasteiger partial charge in [-0.05, 0) is 80.8 Å². The average molecular weight is 907 g/mol. The fourth-order valence-electron chi connectivity index (χ4n) is 12.4. The molecular weight excluding hydrogens is 805 g/mol. The van der Waals surface area contributed by atoms with E-state index in [1.807, 2.05) is 0 Å². The fourth-order valence-corrected chi connectivity index (χ4v) is 12.4. The molecule has 376 valence electrons. The van der Waals surface area contributed by atoms with Gasteiger partial charge in [0, 0.05) is 43.6 Å². The Bertz CT molecular complexity index is 1350. The summed E-state index contributed by atoms with van der Waals surface area (Å²) in [6.07, 6.45) is 4.40. The maximum Gasteiger partial charge on any atom is 0.407 e. The fraction of sp³-hybridized carbons (Fsp3) is 0.923. The summed E-state index contributed by atoms with van der Waals surface area (Å²) in [6.45, 7) is 58.5. The van der Waals surface area contributed by atoms with Crippen LogP contribution in [0.4, 0.5) is 19.2 Å². The Morgan fingerprint density at radius 3 is 1.19 bits per heavy atom. The van der Waals surface area contributed by atoms with E-state index >= 15 is 0 Å². The average Bonchev–Trinajstić information content (AvgIpc) is 3.59. The van der Waals surface area contributed by atoms with Gasteiger partial charge in [-0.3, -0.25) is 0 Å². The molecule has 4 aliphatic rings. The Morgan fingerprint density at radius 2 is 0.750 bits per heavy atom. The molecule has 4 aliphatic heterocycles. The molecule has 6 N–H and O–H groups in total. The highest BCUT2D eigenvalue weighted by molar-refractivity contribution is 5.75. The summed E-state index contributed by atoms with van der Waals surface area (Å²) in [4.78, 5) is 45.8. The van der Waals surface area contributed by atoms with Crippen molar-refractivity contribution < 1.29 is 28.7 Å². The van der Waals surface area contributed by atoms with E-state index in [9.17, 15) is 19.2 Å². The first-order chi connectivity index (χ1) is 28.4. The zero-order chi connectivity index (χ0) is 50.5. The molecule has 0 bridgehead atoms. The lowest BCUT2D eigenvalue weighted by atomic mass is 9.52. The number of rotatable bonds is 0. The monoisotopic (exact) mass is 907 g/mol. The molecule has 0 aliphatic carbocycles. The SMILES string of the molecule is CC(C)(C)C1(C(C)(C)C)CCCNC(=O)N1.CC(C)(C)C1(C(C)(C)C)CCNC(=O)NC1.CC(C)(C)C1(C(C)(C)C)CCNC(=O)OC1.CC(C)(C)C1(C(C)(C)C)CCOC(=O)NC1. The number of hydrogen-bond acceptors (Lipinski definition) is 6. The van der Waals surface area contributed by atoms with Gasteiger partial charge in [0.1, 0.15) is 0 Å². The van der Waals surface area contributed by atoms with Crippen LogP contribution in [0.25, 0.3) is 0 Å². The number of nitrogens with one attached hydrogen (secondary N) is 6. The van der Waals surface area contributed by atoms with Gasteiger partial charge in [0.05, 0.1) is 18.8 Å². The van der Waals surface area contributed by atoms with E-state index in [0.717, 1.165) is 51.7 Å². The zero-order valence-corrected chi connectivity index (χ0v) is 45.9. The minimum absolute atomic E-state index is 0.0131. The van der Waals surface area contributed by atoms with Crippen LogP contribution in [0.5, 0.6) is 0 Å². The van der Waals surface area contributed by atoms with Gasteiger partial charge in [-0.25, -0.2) is 19.2 Å². The molecule has 12 heteroatoms. The number of urea groups is 2. The third kappa shape index (κ3) is 13.6. The van der Waals surface area contributed by atoms with Crippen molar-refractivity contribution in [2.75, 3.05) is 45.9 Å². The van der Waals surface area contributed by atoms with Crippen molar-refractivity contribution in [2.24, 2.45) is 59.6 Å². The molecule has 0 aromatic heterocycles. The lowest BCUT2D eigenvalue weighted by Gasteiger charge is -2.53. The third-order valence-electron chi connectivity index (χ3n) is 16.5. The molecule has 4 fully saturated rings. The van der Waals surface area contributed by atoms with Gasteiger partial charge in [-0.15, -0.1) is 0 Å². The van der Waals surface area contributed by atoms with Gasteiger partial charge in [-0.2, -0.15) is 0 Å². The number of cyclic esters (lactones) is 2. The van der Waals surface area contributed by atoms with Crippen LogP contribution < -0.4 is 31.9 Å². The predicted molar refractivity (Wildman–Crippen MR) is 265 cm³/mol. The predicted octanol–water partition coefficient (Wildman–Crippen LogP) is 12.1. The topological polar surface area (TPSA) is 159 Å². The first-order valence-electron chi connectivity index (χ1n) is 24.3. The van der Waals surface area contributed by atoms with Crippen LogP contribution in [0, 0.1) is 59.6 Å². The minimum atomic E-state index is -0.282. The van der Waals surface area contributed by atoms with Crippen molar-refractivity contribution in [3.05, 3.63) is 0 Å². The van der Waals surface area contributed by atoms with E-state index < -0.39 is 0 Å². The van der Waals surface area contributed by atoms with E-state index in [1.54, 1.807) is 0 Å². The molecule has 0 spiro atoms. The number of carbonyl (C=O) groups is 4. The number of amides is 6. The second-order valence-corrected chi connectivity index (χ2v) is 27.5. The molecule has 4 heterocycles. The van der Waals surface area contributed by atoms with E-state index in [-0.39, 0.29) is 89.4 Å². The zero-order valence-electron chi connectivity index (χ0n) is 45.9. The molecular formula is C52H102N6O6. The van der Waals surface area contributed by atoms with Gasteiger partial charge in [0.15, 0.2) is 0 Å². The Balaban J connectivity index is 0.000000427. The summed E-state index contributed by atoms with van der Waals surface area (Å²) < 4.78 is 10.4. The summed E-state index contributed by atoms with van der Waals surface area (Å²) in [7, 11) is 0. The van der Waals surface area contributed by atoms with Crippen molar-refractivity contribution in [3.8, 4) is 0 Å². The first kappa shape index (κ1) is 59.1. The summed E-state index contributed by atoms with van der Waals surface area (Å²) >= 11 is 0. The van der Waals surface area contributed by atoms with Crippen molar-refractivity contribution in [2.45, 2.75) is 204 Å². The molecule has 0 unspecified atom stereocenters. The number of hydrogen-bond donors (Lipinski definition) is 6. The minimum Gasteiger partial charge on any atom is -0.450 e. The number of ether oxygens (including phenoxy) is 2. The molecule has 0 saturated carbocycles. The second-order valence-electron chi connectivity index (χ2n) is 27.5. The number of alkyl carbamates (subject to hydrolysis) is 2. The van der Waals surface area contributed by atoms with Crippen LogP contribution in [0.15, 0.2) is 0 Å². The van der Waals surface area contributed by atoms with E-state index in [4.69, 9.17) is 9.47 Å². The molecule has 0 radical (unpaired) electrons. The Hall–Kier alpha value is -2.92. The first-order valence-corrected chi connectivity index (χ1v) is 24.3. The maximum absolute atomic E-state index is 11.8.